The molecule has 0 spiro atoms. The van der Waals surface area contributed by atoms with Crippen LogP contribution in [0.4, 0.5) is 0 Å². The molecule has 0 aliphatic rings. The number of alkyl halides is 1. The largest absolute Gasteiger partial charge is 0.493 e. The molecule has 1 atom stereocenters. The normalized spacial score (nSPS) is 11.7. The zero-order valence-electron chi connectivity index (χ0n) is 13.1. The predicted molar refractivity (Wildman–Crippen MR) is 82.6 cm³/mol. The van der Waals surface area contributed by atoms with Crippen molar-refractivity contribution in [3.63, 3.8) is 0 Å². The molecule has 0 saturated carbocycles. The third-order valence-corrected chi connectivity index (χ3v) is 3.71. The third-order valence-electron chi connectivity index (χ3n) is 3.27. The van der Waals surface area contributed by atoms with Crippen molar-refractivity contribution in [1.82, 2.24) is 4.90 Å². The molecule has 5 nitrogen and oxygen atoms in total. The molecule has 0 saturated heterocycles. The van der Waals surface area contributed by atoms with Crippen LogP contribution < -0.4 is 14.2 Å². The highest BCUT2D eigenvalue weighted by Gasteiger charge is 2.25. The number of amides is 1. The summed E-state index contributed by atoms with van der Waals surface area (Å²) >= 11 is 6.32. The fourth-order valence-electron chi connectivity index (χ4n) is 2.09. The Labute approximate surface area is 130 Å². The zero-order valence-corrected chi connectivity index (χ0v) is 13.9. The van der Waals surface area contributed by atoms with Gasteiger partial charge in [-0.3, -0.25) is 4.79 Å². The molecule has 0 aliphatic carbocycles. The first kappa shape index (κ1) is 17.4. The number of carbonyl (C=O) groups is 1. The van der Waals surface area contributed by atoms with Crippen molar-refractivity contribution < 1.29 is 19.0 Å². The van der Waals surface area contributed by atoms with Gasteiger partial charge in [-0.15, -0.1) is 11.6 Å². The van der Waals surface area contributed by atoms with Crippen molar-refractivity contribution in [3.05, 3.63) is 17.7 Å². The summed E-state index contributed by atoms with van der Waals surface area (Å²) in [4.78, 5) is 14.0. The topological polar surface area (TPSA) is 48.0 Å². The molecule has 118 valence electrons. The molecule has 0 aliphatic heterocycles. The molecule has 0 aromatic heterocycles. The Balaban J connectivity index is 3.21. The molecule has 1 unspecified atom stereocenters. The molecule has 0 heterocycles. The Bertz CT molecular complexity index is 464. The molecule has 0 N–H and O–H groups in total. The minimum atomic E-state index is -0.793. The Kier molecular flexibility index (Phi) is 6.62. The summed E-state index contributed by atoms with van der Waals surface area (Å²) < 4.78 is 15.8. The summed E-state index contributed by atoms with van der Waals surface area (Å²) in [7, 11) is 4.58. The highest BCUT2D eigenvalue weighted by Crippen LogP contribution is 2.41. The second kappa shape index (κ2) is 7.98. The molecule has 0 fully saturated rings. The summed E-state index contributed by atoms with van der Waals surface area (Å²) in [5, 5.41) is -0.793. The van der Waals surface area contributed by atoms with E-state index in [-0.39, 0.29) is 5.91 Å². The van der Waals surface area contributed by atoms with Crippen molar-refractivity contribution in [2.24, 2.45) is 0 Å². The van der Waals surface area contributed by atoms with E-state index in [4.69, 9.17) is 25.8 Å². The van der Waals surface area contributed by atoms with E-state index in [0.717, 1.165) is 0 Å². The van der Waals surface area contributed by atoms with Crippen LogP contribution in [0.1, 0.15) is 24.8 Å². The van der Waals surface area contributed by atoms with Crippen LogP contribution in [0.2, 0.25) is 0 Å². The van der Waals surface area contributed by atoms with Gasteiger partial charge in [-0.25, -0.2) is 0 Å². The lowest BCUT2D eigenvalue weighted by molar-refractivity contribution is -0.130. The summed E-state index contributed by atoms with van der Waals surface area (Å²) in [5.41, 5.74) is 0.614. The van der Waals surface area contributed by atoms with Gasteiger partial charge in [0.2, 0.25) is 11.7 Å². The first-order valence-corrected chi connectivity index (χ1v) is 7.20. The molecule has 1 aromatic carbocycles. The van der Waals surface area contributed by atoms with Crippen molar-refractivity contribution in [1.29, 1.82) is 0 Å². The van der Waals surface area contributed by atoms with E-state index in [1.807, 2.05) is 13.8 Å². The molecule has 1 aromatic rings. The molecule has 0 bridgehead atoms. The first-order valence-electron chi connectivity index (χ1n) is 6.76. The van der Waals surface area contributed by atoms with Crippen LogP contribution in [0.15, 0.2) is 12.1 Å². The third kappa shape index (κ3) is 3.73. The summed E-state index contributed by atoms with van der Waals surface area (Å²) in [6.45, 7) is 5.06. The average Bonchev–Trinajstić information content (AvgIpc) is 2.53. The molecule has 1 amide bonds. The van der Waals surface area contributed by atoms with E-state index in [2.05, 4.69) is 0 Å². The van der Waals surface area contributed by atoms with E-state index < -0.39 is 5.38 Å². The molecular weight excluding hydrogens is 294 g/mol. The lowest BCUT2D eigenvalue weighted by atomic mass is 10.1. The maximum Gasteiger partial charge on any atom is 0.245 e. The quantitative estimate of drug-likeness (QED) is 0.726. The van der Waals surface area contributed by atoms with Crippen molar-refractivity contribution >= 4 is 17.5 Å². The van der Waals surface area contributed by atoms with E-state index in [1.165, 1.54) is 21.3 Å². The fourth-order valence-corrected chi connectivity index (χ4v) is 2.35. The van der Waals surface area contributed by atoms with E-state index in [0.29, 0.717) is 35.9 Å². The summed E-state index contributed by atoms with van der Waals surface area (Å²) in [6.07, 6.45) is 0. The van der Waals surface area contributed by atoms with Crippen LogP contribution in [-0.4, -0.2) is 45.2 Å². The monoisotopic (exact) mass is 315 g/mol. The number of ether oxygens (including phenoxy) is 3. The molecule has 1 rings (SSSR count). The molecular formula is C15H22ClNO4. The average molecular weight is 316 g/mol. The van der Waals surface area contributed by atoms with Crippen LogP contribution in [0.5, 0.6) is 17.2 Å². The van der Waals surface area contributed by atoms with E-state index in [1.54, 1.807) is 17.0 Å². The van der Waals surface area contributed by atoms with Gasteiger partial charge in [-0.05, 0) is 31.5 Å². The second-order valence-corrected chi connectivity index (χ2v) is 4.77. The van der Waals surface area contributed by atoms with Gasteiger partial charge < -0.3 is 19.1 Å². The first-order chi connectivity index (χ1) is 10.0. The second-order valence-electron chi connectivity index (χ2n) is 4.33. The lowest BCUT2D eigenvalue weighted by Crippen LogP contribution is -2.33. The SMILES string of the molecule is CCN(CC)C(=O)C(Cl)c1cc(OC)c(OC)c(OC)c1. The number of likely N-dealkylation sites (N-methyl/N-ethyl adjacent to an activating group) is 1. The van der Waals surface area contributed by atoms with Gasteiger partial charge in [0.05, 0.1) is 21.3 Å². The Morgan fingerprint density at radius 1 is 1.10 bits per heavy atom. The van der Waals surface area contributed by atoms with E-state index >= 15 is 0 Å². The fraction of sp³-hybridized carbons (Fsp3) is 0.533. The van der Waals surface area contributed by atoms with Gasteiger partial charge in [0, 0.05) is 13.1 Å². The maximum atomic E-state index is 12.3. The molecule has 6 heteroatoms. The minimum Gasteiger partial charge on any atom is -0.493 e. The smallest absolute Gasteiger partial charge is 0.245 e. The van der Waals surface area contributed by atoms with Gasteiger partial charge in [0.1, 0.15) is 5.38 Å². The number of benzene rings is 1. The number of carbonyl (C=O) groups excluding carboxylic acids is 1. The Morgan fingerprint density at radius 2 is 1.57 bits per heavy atom. The van der Waals surface area contributed by atoms with Crippen LogP contribution in [0.25, 0.3) is 0 Å². The van der Waals surface area contributed by atoms with Crippen LogP contribution in [0, 0.1) is 0 Å². The van der Waals surface area contributed by atoms with Crippen molar-refractivity contribution in [2.45, 2.75) is 19.2 Å². The number of methoxy groups -OCH3 is 3. The highest BCUT2D eigenvalue weighted by molar-refractivity contribution is 6.30. The zero-order chi connectivity index (χ0) is 16.0. The predicted octanol–water partition coefficient (Wildman–Crippen LogP) is 2.86. The van der Waals surface area contributed by atoms with Crippen molar-refractivity contribution in [3.8, 4) is 17.2 Å². The van der Waals surface area contributed by atoms with Crippen LogP contribution in [-0.2, 0) is 4.79 Å². The Hall–Kier alpha value is -1.62. The van der Waals surface area contributed by atoms with E-state index in [9.17, 15) is 4.79 Å². The molecule has 0 radical (unpaired) electrons. The van der Waals surface area contributed by atoms with Gasteiger partial charge in [0.15, 0.2) is 11.5 Å². The molecule has 21 heavy (non-hydrogen) atoms. The number of rotatable bonds is 7. The van der Waals surface area contributed by atoms with Gasteiger partial charge >= 0.3 is 0 Å². The summed E-state index contributed by atoms with van der Waals surface area (Å²) in [5.74, 6) is 1.29. The number of halogens is 1. The Morgan fingerprint density at radius 3 is 1.90 bits per heavy atom. The maximum absolute atomic E-state index is 12.3. The van der Waals surface area contributed by atoms with Gasteiger partial charge in [0.25, 0.3) is 0 Å². The minimum absolute atomic E-state index is 0.143. The van der Waals surface area contributed by atoms with Gasteiger partial charge in [-0.1, -0.05) is 0 Å². The van der Waals surface area contributed by atoms with Gasteiger partial charge in [-0.2, -0.15) is 0 Å². The number of nitrogens with zero attached hydrogens (tertiary/aromatic N) is 1. The van der Waals surface area contributed by atoms with Crippen LogP contribution in [0.3, 0.4) is 0 Å². The standard InChI is InChI=1S/C15H22ClNO4/c1-6-17(7-2)15(18)13(16)10-8-11(19-3)14(21-5)12(9-10)20-4/h8-9,13H,6-7H2,1-5H3. The lowest BCUT2D eigenvalue weighted by Gasteiger charge is -2.23. The van der Waals surface area contributed by atoms with Crippen molar-refractivity contribution in [2.75, 3.05) is 34.4 Å². The van der Waals surface area contributed by atoms with Crippen LogP contribution >= 0.6 is 11.6 Å². The number of hydrogen-bond donors (Lipinski definition) is 0. The highest BCUT2D eigenvalue weighted by atomic mass is 35.5. The number of hydrogen-bond acceptors (Lipinski definition) is 4. The summed E-state index contributed by atoms with van der Waals surface area (Å²) in [6, 6.07) is 3.39.